The first-order chi connectivity index (χ1) is 14.9. The fourth-order valence-electron chi connectivity index (χ4n) is 4.17. The molecule has 5 nitrogen and oxygen atoms in total. The van der Waals surface area contributed by atoms with Crippen LogP contribution in [-0.2, 0) is 11.3 Å². The van der Waals surface area contributed by atoms with Crippen LogP contribution >= 0.6 is 0 Å². The number of benzene rings is 3. The third-order valence-electron chi connectivity index (χ3n) is 5.96. The summed E-state index contributed by atoms with van der Waals surface area (Å²) in [5.74, 6) is 0.253. The molecule has 6 heteroatoms. The largest absolute Gasteiger partial charge is 0.482 e. The number of anilines is 1. The Balaban J connectivity index is 1.37. The minimum absolute atomic E-state index is 0.0441. The highest BCUT2D eigenvalue weighted by atomic mass is 19.1. The van der Waals surface area contributed by atoms with Gasteiger partial charge in [-0.1, -0.05) is 36.4 Å². The second-order valence-electron chi connectivity index (χ2n) is 8.33. The third-order valence-corrected chi connectivity index (χ3v) is 5.96. The Morgan fingerprint density at radius 1 is 1.03 bits per heavy atom. The number of nitrogens with two attached hydrogens (primary N) is 1. The summed E-state index contributed by atoms with van der Waals surface area (Å²) in [6.45, 7) is 6.22. The molecule has 0 unspecified atom stereocenters. The minimum Gasteiger partial charge on any atom is -0.482 e. The average molecular weight is 422 g/mol. The maximum Gasteiger partial charge on any atom is 0.260 e. The van der Waals surface area contributed by atoms with Crippen molar-refractivity contribution in [3.8, 4) is 5.75 Å². The van der Waals surface area contributed by atoms with Gasteiger partial charge in [-0.3, -0.25) is 9.69 Å². The Morgan fingerprint density at radius 2 is 1.71 bits per heavy atom. The Kier molecular flexibility index (Phi) is 6.09. The van der Waals surface area contributed by atoms with Gasteiger partial charge >= 0.3 is 0 Å². The molecule has 1 saturated heterocycles. The van der Waals surface area contributed by atoms with Crippen LogP contribution in [0.25, 0.3) is 10.8 Å². The summed E-state index contributed by atoms with van der Waals surface area (Å²) in [6, 6.07) is 18.5. The van der Waals surface area contributed by atoms with Crippen LogP contribution in [0.15, 0.2) is 60.7 Å². The van der Waals surface area contributed by atoms with E-state index in [4.69, 9.17) is 10.5 Å². The SMILES string of the molecule is C[C@@H]1CN(C(=O)COc2cc3ccccc3cc2N)[C@@H](C)CN1Cc1ccc(F)cc1. The molecule has 0 saturated carbocycles. The molecule has 1 fully saturated rings. The van der Waals surface area contributed by atoms with Crippen molar-refractivity contribution >= 4 is 22.4 Å². The normalized spacial score (nSPS) is 19.5. The van der Waals surface area contributed by atoms with Crippen LogP contribution in [0, 0.1) is 5.82 Å². The van der Waals surface area contributed by atoms with Crippen LogP contribution in [0.1, 0.15) is 19.4 Å². The van der Waals surface area contributed by atoms with Gasteiger partial charge in [-0.05, 0) is 54.4 Å². The van der Waals surface area contributed by atoms with Crippen LogP contribution in [-0.4, -0.2) is 47.5 Å². The van der Waals surface area contributed by atoms with Crippen LogP contribution in [0.2, 0.25) is 0 Å². The topological polar surface area (TPSA) is 58.8 Å². The van der Waals surface area contributed by atoms with Gasteiger partial charge in [-0.15, -0.1) is 0 Å². The molecule has 3 aromatic carbocycles. The number of nitrogen functional groups attached to an aromatic ring is 1. The zero-order chi connectivity index (χ0) is 22.0. The fourth-order valence-corrected chi connectivity index (χ4v) is 4.17. The molecule has 162 valence electrons. The number of carbonyl (C=O) groups is 1. The molecule has 31 heavy (non-hydrogen) atoms. The van der Waals surface area contributed by atoms with E-state index in [1.54, 1.807) is 0 Å². The first-order valence-corrected chi connectivity index (χ1v) is 10.6. The lowest BCUT2D eigenvalue weighted by Gasteiger charge is -2.44. The number of nitrogens with zero attached hydrogens (tertiary/aromatic N) is 2. The van der Waals surface area contributed by atoms with Crippen molar-refractivity contribution in [2.75, 3.05) is 25.4 Å². The third kappa shape index (κ3) is 4.80. The van der Waals surface area contributed by atoms with Crippen molar-refractivity contribution in [3.63, 3.8) is 0 Å². The Bertz CT molecular complexity index is 1070. The molecular formula is C25H28FN3O2. The van der Waals surface area contributed by atoms with Crippen LogP contribution < -0.4 is 10.5 Å². The summed E-state index contributed by atoms with van der Waals surface area (Å²) in [5.41, 5.74) is 7.71. The molecule has 1 aliphatic rings. The molecule has 2 atom stereocenters. The lowest BCUT2D eigenvalue weighted by molar-refractivity contribution is -0.139. The van der Waals surface area contributed by atoms with Crippen molar-refractivity contribution in [3.05, 3.63) is 72.0 Å². The van der Waals surface area contributed by atoms with Gasteiger partial charge in [0.2, 0.25) is 0 Å². The van der Waals surface area contributed by atoms with E-state index in [0.717, 1.165) is 29.4 Å². The van der Waals surface area contributed by atoms with Crippen molar-refractivity contribution in [1.29, 1.82) is 0 Å². The van der Waals surface area contributed by atoms with E-state index >= 15 is 0 Å². The maximum absolute atomic E-state index is 13.2. The molecule has 0 aliphatic carbocycles. The van der Waals surface area contributed by atoms with Gasteiger partial charge < -0.3 is 15.4 Å². The summed E-state index contributed by atoms with van der Waals surface area (Å²) < 4.78 is 19.0. The number of hydrogen-bond acceptors (Lipinski definition) is 4. The highest BCUT2D eigenvalue weighted by Gasteiger charge is 2.32. The second kappa shape index (κ2) is 8.94. The predicted molar refractivity (Wildman–Crippen MR) is 121 cm³/mol. The molecule has 0 spiro atoms. The number of halogens is 1. The van der Waals surface area contributed by atoms with Gasteiger partial charge in [-0.2, -0.15) is 0 Å². The summed E-state index contributed by atoms with van der Waals surface area (Å²) in [4.78, 5) is 17.1. The fraction of sp³-hybridized carbons (Fsp3) is 0.320. The molecule has 0 aromatic heterocycles. The van der Waals surface area contributed by atoms with Crippen LogP contribution in [0.5, 0.6) is 5.75 Å². The zero-order valence-corrected chi connectivity index (χ0v) is 17.9. The lowest BCUT2D eigenvalue weighted by atomic mass is 10.1. The van der Waals surface area contributed by atoms with Gasteiger partial charge in [0, 0.05) is 31.7 Å². The second-order valence-corrected chi connectivity index (χ2v) is 8.33. The van der Waals surface area contributed by atoms with Gasteiger partial charge in [-0.25, -0.2) is 4.39 Å². The lowest BCUT2D eigenvalue weighted by Crippen LogP contribution is -2.58. The minimum atomic E-state index is -0.229. The van der Waals surface area contributed by atoms with Crippen LogP contribution in [0.4, 0.5) is 10.1 Å². The average Bonchev–Trinajstić information content (AvgIpc) is 2.76. The van der Waals surface area contributed by atoms with E-state index in [2.05, 4.69) is 11.8 Å². The van der Waals surface area contributed by atoms with E-state index in [-0.39, 0.29) is 30.4 Å². The number of carbonyl (C=O) groups excluding carboxylic acids is 1. The summed E-state index contributed by atoms with van der Waals surface area (Å²) in [7, 11) is 0. The van der Waals surface area contributed by atoms with Gasteiger partial charge in [0.25, 0.3) is 5.91 Å². The molecule has 0 radical (unpaired) electrons. The quantitative estimate of drug-likeness (QED) is 0.631. The van der Waals surface area contributed by atoms with Gasteiger partial charge in [0.05, 0.1) is 5.69 Å². The van der Waals surface area contributed by atoms with Gasteiger partial charge in [0.1, 0.15) is 11.6 Å². The van der Waals surface area contributed by atoms with E-state index < -0.39 is 0 Å². The van der Waals surface area contributed by atoms with Crippen molar-refractivity contribution in [2.24, 2.45) is 0 Å². The zero-order valence-electron chi connectivity index (χ0n) is 17.9. The number of ether oxygens (including phenoxy) is 1. The Hall–Kier alpha value is -3.12. The Labute approximate surface area is 182 Å². The monoisotopic (exact) mass is 421 g/mol. The number of amides is 1. The van der Waals surface area contributed by atoms with Crippen molar-refractivity contribution in [2.45, 2.75) is 32.5 Å². The predicted octanol–water partition coefficient (Wildman–Crippen LogP) is 4.06. The van der Waals surface area contributed by atoms with E-state index in [1.165, 1.54) is 12.1 Å². The summed E-state index contributed by atoms with van der Waals surface area (Å²) in [6.07, 6.45) is 0. The maximum atomic E-state index is 13.2. The molecule has 1 heterocycles. The summed E-state index contributed by atoms with van der Waals surface area (Å²) >= 11 is 0. The summed E-state index contributed by atoms with van der Waals surface area (Å²) in [5, 5.41) is 2.06. The van der Waals surface area contributed by atoms with E-state index in [1.807, 2.05) is 60.4 Å². The molecule has 4 rings (SSSR count). The first-order valence-electron chi connectivity index (χ1n) is 10.6. The number of rotatable bonds is 5. The molecule has 3 aromatic rings. The highest BCUT2D eigenvalue weighted by molar-refractivity contribution is 5.88. The van der Waals surface area contributed by atoms with E-state index in [0.29, 0.717) is 18.0 Å². The van der Waals surface area contributed by atoms with E-state index in [9.17, 15) is 9.18 Å². The Morgan fingerprint density at radius 3 is 2.42 bits per heavy atom. The number of fused-ring (bicyclic) bond motifs is 1. The van der Waals surface area contributed by atoms with Crippen molar-refractivity contribution in [1.82, 2.24) is 9.80 Å². The molecule has 1 aliphatic heterocycles. The number of hydrogen-bond donors (Lipinski definition) is 1. The van der Waals surface area contributed by atoms with Crippen LogP contribution in [0.3, 0.4) is 0 Å². The molecule has 0 bridgehead atoms. The highest BCUT2D eigenvalue weighted by Crippen LogP contribution is 2.28. The molecule has 2 N–H and O–H groups in total. The standard InChI is InChI=1S/C25H28FN3O2/c1-17-14-29(18(2)13-28(17)15-19-7-9-22(26)10-8-19)25(30)16-31-24-12-21-6-4-3-5-20(21)11-23(24)27/h3-12,17-18H,13-16,27H2,1-2H3/t17-,18+/m1/s1. The van der Waals surface area contributed by atoms with Crippen molar-refractivity contribution < 1.29 is 13.9 Å². The molecule has 1 amide bonds. The first kappa shape index (κ1) is 21.1. The molecular weight excluding hydrogens is 393 g/mol. The van der Waals surface area contributed by atoms with Gasteiger partial charge in [0.15, 0.2) is 6.61 Å². The number of piperazine rings is 1. The smallest absolute Gasteiger partial charge is 0.260 e.